The molecule has 7 nitrogen and oxygen atoms in total. The lowest BCUT2D eigenvalue weighted by molar-refractivity contribution is -0.0175. The SMILES string of the molecule is Cc1noc(C)c1CN1CCc2c(C(=O)NC[C@H]3CN(C)CCO3)csc2C1. The smallest absolute Gasteiger partial charge is 0.252 e. The van der Waals surface area contributed by atoms with Crippen molar-refractivity contribution in [1.82, 2.24) is 20.3 Å². The molecular weight excluding hydrogens is 376 g/mol. The second kappa shape index (κ2) is 8.32. The number of carbonyl (C=O) groups is 1. The number of carbonyl (C=O) groups excluding carboxylic acids is 1. The molecule has 1 atom stereocenters. The lowest BCUT2D eigenvalue weighted by Gasteiger charge is -2.30. The number of aryl methyl sites for hydroxylation is 2. The minimum Gasteiger partial charge on any atom is -0.374 e. The Morgan fingerprint density at radius 2 is 2.25 bits per heavy atom. The van der Waals surface area contributed by atoms with Gasteiger partial charge in [0.15, 0.2) is 0 Å². The second-order valence-corrected chi connectivity index (χ2v) is 8.74. The number of morpholine rings is 1. The van der Waals surface area contributed by atoms with E-state index in [2.05, 4.69) is 27.3 Å². The van der Waals surface area contributed by atoms with E-state index in [0.717, 1.165) is 62.8 Å². The van der Waals surface area contributed by atoms with Crippen LogP contribution in [0.15, 0.2) is 9.90 Å². The number of nitrogens with one attached hydrogen (secondary N) is 1. The molecule has 0 unspecified atom stereocenters. The summed E-state index contributed by atoms with van der Waals surface area (Å²) >= 11 is 1.69. The monoisotopic (exact) mass is 404 g/mol. The Kier molecular flexibility index (Phi) is 5.82. The van der Waals surface area contributed by atoms with E-state index < -0.39 is 0 Å². The number of likely N-dealkylation sites (N-methyl/N-ethyl adjacent to an activating group) is 1. The third kappa shape index (κ3) is 4.15. The molecule has 2 aromatic rings. The van der Waals surface area contributed by atoms with Crippen molar-refractivity contribution >= 4 is 17.2 Å². The van der Waals surface area contributed by atoms with Gasteiger partial charge in [0.1, 0.15) is 5.76 Å². The number of thiophene rings is 1. The van der Waals surface area contributed by atoms with Gasteiger partial charge in [-0.1, -0.05) is 5.16 Å². The zero-order chi connectivity index (χ0) is 19.7. The second-order valence-electron chi connectivity index (χ2n) is 7.78. The maximum atomic E-state index is 12.7. The average molecular weight is 405 g/mol. The Balaban J connectivity index is 1.36. The summed E-state index contributed by atoms with van der Waals surface area (Å²) in [6.07, 6.45) is 0.968. The zero-order valence-electron chi connectivity index (χ0n) is 16.8. The third-order valence-corrected chi connectivity index (χ3v) is 6.68. The molecule has 0 aliphatic carbocycles. The molecule has 0 spiro atoms. The Hall–Kier alpha value is -1.74. The molecule has 0 aromatic carbocycles. The number of aromatic nitrogens is 1. The summed E-state index contributed by atoms with van der Waals surface area (Å²) in [5, 5.41) is 9.13. The highest BCUT2D eigenvalue weighted by atomic mass is 32.1. The van der Waals surface area contributed by atoms with Crippen LogP contribution in [0.5, 0.6) is 0 Å². The van der Waals surface area contributed by atoms with Gasteiger partial charge in [0.25, 0.3) is 5.91 Å². The van der Waals surface area contributed by atoms with E-state index in [0.29, 0.717) is 6.54 Å². The standard InChI is InChI=1S/C20H28N4O3S/c1-13-17(14(2)27-22-13)10-24-5-4-16-18(12-28-19(16)11-24)20(25)21-8-15-9-23(3)6-7-26-15/h12,15H,4-11H2,1-3H3,(H,21,25)/t15-/m0/s1. The minimum absolute atomic E-state index is 0.0218. The van der Waals surface area contributed by atoms with E-state index >= 15 is 0 Å². The number of ether oxygens (including phenoxy) is 1. The van der Waals surface area contributed by atoms with Crippen LogP contribution in [0.1, 0.15) is 37.8 Å². The van der Waals surface area contributed by atoms with Gasteiger partial charge in [-0.3, -0.25) is 9.69 Å². The summed E-state index contributed by atoms with van der Waals surface area (Å²) < 4.78 is 11.0. The topological polar surface area (TPSA) is 70.8 Å². The fraction of sp³-hybridized carbons (Fsp3) is 0.600. The first-order valence-electron chi connectivity index (χ1n) is 9.83. The molecule has 1 saturated heterocycles. The number of amides is 1. The van der Waals surface area contributed by atoms with Crippen LogP contribution in [0.3, 0.4) is 0 Å². The zero-order valence-corrected chi connectivity index (χ0v) is 17.6. The molecule has 1 N–H and O–H groups in total. The molecule has 4 heterocycles. The van der Waals surface area contributed by atoms with Crippen molar-refractivity contribution in [2.75, 3.05) is 39.8 Å². The van der Waals surface area contributed by atoms with Crippen molar-refractivity contribution in [3.8, 4) is 0 Å². The molecule has 28 heavy (non-hydrogen) atoms. The Morgan fingerprint density at radius 3 is 3.00 bits per heavy atom. The van der Waals surface area contributed by atoms with E-state index in [-0.39, 0.29) is 12.0 Å². The van der Waals surface area contributed by atoms with E-state index in [9.17, 15) is 4.79 Å². The number of hydrogen-bond acceptors (Lipinski definition) is 7. The van der Waals surface area contributed by atoms with Crippen LogP contribution in [-0.2, 0) is 24.2 Å². The maximum absolute atomic E-state index is 12.7. The average Bonchev–Trinajstić information content (AvgIpc) is 3.24. The van der Waals surface area contributed by atoms with Gasteiger partial charge in [0, 0.05) is 55.1 Å². The molecule has 1 fully saturated rings. The van der Waals surface area contributed by atoms with Gasteiger partial charge in [-0.15, -0.1) is 11.3 Å². The first kappa shape index (κ1) is 19.6. The molecule has 8 heteroatoms. The van der Waals surface area contributed by atoms with Gasteiger partial charge in [0.05, 0.1) is 24.0 Å². The van der Waals surface area contributed by atoms with Crippen molar-refractivity contribution in [2.24, 2.45) is 0 Å². The summed E-state index contributed by atoms with van der Waals surface area (Å²) in [4.78, 5) is 18.6. The van der Waals surface area contributed by atoms with Crippen LogP contribution in [-0.4, -0.2) is 66.8 Å². The lowest BCUT2D eigenvalue weighted by atomic mass is 10.0. The highest BCUT2D eigenvalue weighted by molar-refractivity contribution is 7.10. The Labute approximate surface area is 169 Å². The number of rotatable bonds is 5. The summed E-state index contributed by atoms with van der Waals surface area (Å²) in [7, 11) is 2.08. The van der Waals surface area contributed by atoms with Crippen molar-refractivity contribution in [2.45, 2.75) is 39.5 Å². The number of fused-ring (bicyclic) bond motifs is 1. The van der Waals surface area contributed by atoms with Gasteiger partial charge in [0.2, 0.25) is 0 Å². The molecule has 4 rings (SSSR count). The van der Waals surface area contributed by atoms with Crippen LogP contribution >= 0.6 is 11.3 Å². The van der Waals surface area contributed by atoms with Gasteiger partial charge < -0.3 is 19.5 Å². The van der Waals surface area contributed by atoms with Crippen molar-refractivity contribution in [1.29, 1.82) is 0 Å². The van der Waals surface area contributed by atoms with E-state index in [1.807, 2.05) is 19.2 Å². The van der Waals surface area contributed by atoms with E-state index in [1.54, 1.807) is 11.3 Å². The molecule has 0 radical (unpaired) electrons. The van der Waals surface area contributed by atoms with E-state index in [1.165, 1.54) is 16.0 Å². The molecule has 2 aliphatic rings. The van der Waals surface area contributed by atoms with E-state index in [4.69, 9.17) is 9.26 Å². The number of nitrogens with zero attached hydrogens (tertiary/aromatic N) is 3. The van der Waals surface area contributed by atoms with Crippen LogP contribution in [0.2, 0.25) is 0 Å². The first-order valence-corrected chi connectivity index (χ1v) is 10.7. The van der Waals surface area contributed by atoms with Crippen LogP contribution in [0, 0.1) is 13.8 Å². The fourth-order valence-corrected chi connectivity index (χ4v) is 5.07. The molecule has 1 amide bonds. The predicted molar refractivity (Wildman–Crippen MR) is 108 cm³/mol. The summed E-state index contributed by atoms with van der Waals surface area (Å²) in [6.45, 7) is 9.70. The first-order chi connectivity index (χ1) is 13.5. The van der Waals surface area contributed by atoms with Gasteiger partial charge in [-0.25, -0.2) is 0 Å². The predicted octanol–water partition coefficient (Wildman–Crippen LogP) is 1.97. The Bertz CT molecular complexity index is 827. The highest BCUT2D eigenvalue weighted by Gasteiger charge is 2.26. The van der Waals surface area contributed by atoms with Crippen LogP contribution in [0.25, 0.3) is 0 Å². The fourth-order valence-electron chi connectivity index (χ4n) is 3.95. The summed E-state index contributed by atoms with van der Waals surface area (Å²) in [5.74, 6) is 0.915. The van der Waals surface area contributed by atoms with Gasteiger partial charge in [-0.05, 0) is 32.9 Å². The summed E-state index contributed by atoms with van der Waals surface area (Å²) in [6, 6.07) is 0. The largest absolute Gasteiger partial charge is 0.374 e. The van der Waals surface area contributed by atoms with Crippen molar-refractivity contribution < 1.29 is 14.1 Å². The molecular formula is C20H28N4O3S. The number of hydrogen-bond donors (Lipinski definition) is 1. The molecule has 0 bridgehead atoms. The third-order valence-electron chi connectivity index (χ3n) is 5.67. The van der Waals surface area contributed by atoms with Crippen LogP contribution in [0.4, 0.5) is 0 Å². The summed E-state index contributed by atoms with van der Waals surface area (Å²) in [5.41, 5.74) is 4.18. The normalized spacial score (nSPS) is 20.9. The van der Waals surface area contributed by atoms with Crippen LogP contribution < -0.4 is 5.32 Å². The van der Waals surface area contributed by atoms with Crippen molar-refractivity contribution in [3.63, 3.8) is 0 Å². The van der Waals surface area contributed by atoms with Gasteiger partial charge >= 0.3 is 0 Å². The molecule has 2 aromatic heterocycles. The minimum atomic E-state index is 0.0218. The lowest BCUT2D eigenvalue weighted by Crippen LogP contribution is -2.46. The Morgan fingerprint density at radius 1 is 1.39 bits per heavy atom. The molecule has 152 valence electrons. The molecule has 2 aliphatic heterocycles. The van der Waals surface area contributed by atoms with Crippen molar-refractivity contribution in [3.05, 3.63) is 38.4 Å². The van der Waals surface area contributed by atoms with Gasteiger partial charge in [-0.2, -0.15) is 0 Å². The molecule has 0 saturated carbocycles. The highest BCUT2D eigenvalue weighted by Crippen LogP contribution is 2.30. The maximum Gasteiger partial charge on any atom is 0.252 e. The quantitative estimate of drug-likeness (QED) is 0.822.